The van der Waals surface area contributed by atoms with Gasteiger partial charge in [0.25, 0.3) is 6.43 Å². The van der Waals surface area contributed by atoms with Crippen LogP contribution < -0.4 is 4.72 Å². The molecule has 1 fully saturated rings. The summed E-state index contributed by atoms with van der Waals surface area (Å²) in [6.07, 6.45) is 2.06. The van der Waals surface area contributed by atoms with Gasteiger partial charge in [-0.05, 0) is 30.0 Å². The van der Waals surface area contributed by atoms with Crippen molar-refractivity contribution >= 4 is 22.3 Å². The molecule has 1 N–H and O–H groups in total. The lowest BCUT2D eigenvalue weighted by molar-refractivity contribution is 0.146. The van der Waals surface area contributed by atoms with E-state index in [1.54, 1.807) is 13.0 Å². The second-order valence-corrected chi connectivity index (χ2v) is 11.1. The molecule has 3 aromatic rings. The van der Waals surface area contributed by atoms with E-state index in [0.29, 0.717) is 24.2 Å². The lowest BCUT2D eigenvalue weighted by atomic mass is 9.96. The van der Waals surface area contributed by atoms with Crippen LogP contribution in [0.3, 0.4) is 0 Å². The van der Waals surface area contributed by atoms with E-state index in [2.05, 4.69) is 35.5 Å². The highest BCUT2D eigenvalue weighted by Crippen LogP contribution is 2.37. The van der Waals surface area contributed by atoms with Gasteiger partial charge in [-0.1, -0.05) is 20.8 Å². The molecule has 2 heterocycles. The van der Waals surface area contributed by atoms with Gasteiger partial charge in [0.1, 0.15) is 23.1 Å². The van der Waals surface area contributed by atoms with Gasteiger partial charge in [-0.2, -0.15) is 0 Å². The maximum absolute atomic E-state index is 15.3. The van der Waals surface area contributed by atoms with Crippen molar-refractivity contribution < 1.29 is 17.7 Å². The molecule has 4 rings (SSSR count). The Labute approximate surface area is 188 Å². The number of hydrogen-bond acceptors (Lipinski definition) is 4. The van der Waals surface area contributed by atoms with E-state index in [-0.39, 0.29) is 21.8 Å². The highest BCUT2D eigenvalue weighted by Gasteiger charge is 2.35. The summed E-state index contributed by atoms with van der Waals surface area (Å²) in [6.45, 7) is 8.83. The van der Waals surface area contributed by atoms with Crippen molar-refractivity contribution in [3.63, 3.8) is 0 Å². The van der Waals surface area contributed by atoms with Crippen LogP contribution in [0.2, 0.25) is 0 Å². The molecular formula is C23H27F3N4OS. The van der Waals surface area contributed by atoms with Crippen molar-refractivity contribution in [2.45, 2.75) is 65.3 Å². The SMILES string of the molecule is Cc1ncnc(C(F)F)c1-c1cc2c(cc1F)c(CN[S+]([O-])C1CC1)cn2CC(C)(C)C. The number of benzene rings is 1. The first-order valence-corrected chi connectivity index (χ1v) is 11.8. The summed E-state index contributed by atoms with van der Waals surface area (Å²) in [6, 6.07) is 2.98. The maximum Gasteiger partial charge on any atom is 0.281 e. The summed E-state index contributed by atoms with van der Waals surface area (Å²) < 4.78 is 59.9. The molecule has 0 aliphatic heterocycles. The van der Waals surface area contributed by atoms with Crippen molar-refractivity contribution in [2.24, 2.45) is 5.41 Å². The van der Waals surface area contributed by atoms with Gasteiger partial charge in [-0.15, -0.1) is 4.72 Å². The van der Waals surface area contributed by atoms with Crippen molar-refractivity contribution in [3.8, 4) is 11.1 Å². The first-order valence-electron chi connectivity index (χ1n) is 10.6. The monoisotopic (exact) mass is 464 g/mol. The van der Waals surface area contributed by atoms with E-state index < -0.39 is 29.3 Å². The molecule has 1 aliphatic rings. The Balaban J connectivity index is 1.84. The number of aryl methyl sites for hydroxylation is 1. The van der Waals surface area contributed by atoms with Crippen molar-refractivity contribution in [3.05, 3.63) is 47.4 Å². The van der Waals surface area contributed by atoms with Crippen LogP contribution in [-0.2, 0) is 24.5 Å². The summed E-state index contributed by atoms with van der Waals surface area (Å²) in [4.78, 5) is 7.73. The Morgan fingerprint density at radius 1 is 1.25 bits per heavy atom. The molecule has 1 saturated carbocycles. The third-order valence-electron chi connectivity index (χ3n) is 5.47. The van der Waals surface area contributed by atoms with Gasteiger partial charge in [-0.25, -0.2) is 23.1 Å². The minimum absolute atomic E-state index is 0.0277. The quantitative estimate of drug-likeness (QED) is 0.473. The van der Waals surface area contributed by atoms with Crippen molar-refractivity contribution in [1.29, 1.82) is 0 Å². The predicted octanol–water partition coefficient (Wildman–Crippen LogP) is 5.45. The molecule has 2 aromatic heterocycles. The minimum atomic E-state index is -2.85. The smallest absolute Gasteiger partial charge is 0.281 e. The molecule has 172 valence electrons. The molecule has 32 heavy (non-hydrogen) atoms. The van der Waals surface area contributed by atoms with E-state index in [1.165, 1.54) is 6.07 Å². The largest absolute Gasteiger partial charge is 0.598 e. The van der Waals surface area contributed by atoms with Gasteiger partial charge in [0, 0.05) is 64.7 Å². The number of aromatic nitrogens is 3. The zero-order valence-electron chi connectivity index (χ0n) is 18.6. The van der Waals surface area contributed by atoms with Gasteiger partial charge in [0.15, 0.2) is 0 Å². The lowest BCUT2D eigenvalue weighted by Crippen LogP contribution is -2.26. The third kappa shape index (κ3) is 4.79. The molecule has 1 aliphatic carbocycles. The average molecular weight is 465 g/mol. The topological polar surface area (TPSA) is 65.8 Å². The van der Waals surface area contributed by atoms with Gasteiger partial charge in [0.05, 0.1) is 6.54 Å². The van der Waals surface area contributed by atoms with Crippen LogP contribution in [0.4, 0.5) is 13.2 Å². The summed E-state index contributed by atoms with van der Waals surface area (Å²) in [5.41, 5.74) is 1.38. The minimum Gasteiger partial charge on any atom is -0.598 e. The van der Waals surface area contributed by atoms with Crippen LogP contribution in [0.15, 0.2) is 24.7 Å². The number of fused-ring (bicyclic) bond motifs is 1. The molecule has 0 spiro atoms. The van der Waals surface area contributed by atoms with Crippen LogP contribution in [0.25, 0.3) is 22.0 Å². The average Bonchev–Trinajstić information content (AvgIpc) is 3.50. The van der Waals surface area contributed by atoms with Crippen LogP contribution in [0.1, 0.15) is 57.0 Å². The van der Waals surface area contributed by atoms with E-state index in [4.69, 9.17) is 0 Å². The highest BCUT2D eigenvalue weighted by atomic mass is 32.2. The Morgan fingerprint density at radius 2 is 1.97 bits per heavy atom. The van der Waals surface area contributed by atoms with Crippen molar-refractivity contribution in [2.75, 3.05) is 0 Å². The number of halogens is 3. The molecule has 0 bridgehead atoms. The van der Waals surface area contributed by atoms with E-state index in [0.717, 1.165) is 30.2 Å². The Bertz CT molecular complexity index is 1140. The Kier molecular flexibility index (Phi) is 6.26. The van der Waals surface area contributed by atoms with Gasteiger partial charge < -0.3 is 9.12 Å². The molecule has 5 nitrogen and oxygen atoms in total. The molecule has 1 aromatic carbocycles. The molecule has 1 atom stereocenters. The molecule has 0 amide bonds. The van der Waals surface area contributed by atoms with Crippen LogP contribution in [-0.4, -0.2) is 24.3 Å². The second kappa shape index (κ2) is 8.68. The van der Waals surface area contributed by atoms with Crippen LogP contribution >= 0.6 is 0 Å². The number of alkyl halides is 2. The molecule has 0 radical (unpaired) electrons. The predicted molar refractivity (Wildman–Crippen MR) is 120 cm³/mol. The number of hydrogen-bond donors (Lipinski definition) is 1. The summed E-state index contributed by atoms with van der Waals surface area (Å²) >= 11 is -1.12. The summed E-state index contributed by atoms with van der Waals surface area (Å²) in [5.74, 6) is -0.615. The summed E-state index contributed by atoms with van der Waals surface area (Å²) in [7, 11) is 0. The van der Waals surface area contributed by atoms with E-state index >= 15 is 4.39 Å². The number of rotatable bonds is 7. The number of nitrogens with zero attached hydrogens (tertiary/aromatic N) is 3. The lowest BCUT2D eigenvalue weighted by Gasteiger charge is -2.20. The fourth-order valence-corrected chi connectivity index (χ4v) is 5.00. The Morgan fingerprint density at radius 3 is 2.59 bits per heavy atom. The second-order valence-electron chi connectivity index (χ2n) is 9.53. The summed E-state index contributed by atoms with van der Waals surface area (Å²) in [5, 5.41) is 0.860. The first kappa shape index (κ1) is 23.1. The molecule has 0 saturated heterocycles. The van der Waals surface area contributed by atoms with E-state index in [9.17, 15) is 13.3 Å². The van der Waals surface area contributed by atoms with Gasteiger partial charge in [-0.3, -0.25) is 0 Å². The fraction of sp³-hybridized carbons (Fsp3) is 0.478. The van der Waals surface area contributed by atoms with E-state index in [1.807, 2.05) is 10.8 Å². The molecular weight excluding hydrogens is 437 g/mol. The fourth-order valence-electron chi connectivity index (χ4n) is 3.90. The van der Waals surface area contributed by atoms with Gasteiger partial charge in [0.2, 0.25) is 0 Å². The standard InChI is InChI=1S/C23H27F3N4OS/c1-13-20(21(22(25)26)28-12-27-13)17-8-19-16(7-18(17)24)14(9-29-32(31)15-5-6-15)10-30(19)11-23(2,3)4/h7-8,10,12,15,22,29H,5-6,9,11H2,1-4H3. The highest BCUT2D eigenvalue weighted by molar-refractivity contribution is 7.90. The molecule has 1 unspecified atom stereocenters. The zero-order valence-corrected chi connectivity index (χ0v) is 19.4. The first-order chi connectivity index (χ1) is 15.0. The molecule has 9 heteroatoms. The van der Waals surface area contributed by atoms with Crippen LogP contribution in [0.5, 0.6) is 0 Å². The normalized spacial score (nSPS) is 15.7. The zero-order chi connectivity index (χ0) is 23.2. The third-order valence-corrected chi connectivity index (χ3v) is 6.98. The number of nitrogens with one attached hydrogen (secondary N) is 1. The van der Waals surface area contributed by atoms with Crippen LogP contribution in [0, 0.1) is 18.2 Å². The van der Waals surface area contributed by atoms with Crippen molar-refractivity contribution in [1.82, 2.24) is 19.3 Å². The Hall–Kier alpha value is -2.10. The van der Waals surface area contributed by atoms with Gasteiger partial charge >= 0.3 is 0 Å². The maximum atomic E-state index is 15.3.